The van der Waals surface area contributed by atoms with Gasteiger partial charge in [0.1, 0.15) is 0 Å². The Bertz CT molecular complexity index is 778. The molecule has 0 atom stereocenters. The molecule has 1 aromatic carbocycles. The quantitative estimate of drug-likeness (QED) is 0.779. The minimum absolute atomic E-state index is 0.0753. The molecule has 0 bridgehead atoms. The summed E-state index contributed by atoms with van der Waals surface area (Å²) in [5.41, 5.74) is 2.26. The monoisotopic (exact) mass is 385 g/mol. The van der Waals surface area contributed by atoms with Gasteiger partial charge in [0.25, 0.3) is 11.8 Å². The molecule has 1 fully saturated rings. The van der Waals surface area contributed by atoms with E-state index in [-0.39, 0.29) is 11.8 Å². The van der Waals surface area contributed by atoms with Crippen molar-refractivity contribution in [1.29, 1.82) is 0 Å². The van der Waals surface area contributed by atoms with Crippen LogP contribution >= 0.6 is 0 Å². The van der Waals surface area contributed by atoms with Gasteiger partial charge in [-0.25, -0.2) is 0 Å². The number of likely N-dealkylation sites (N-methyl/N-ethyl adjacent to an activating group) is 1. The molecule has 1 saturated heterocycles. The molecule has 7 nitrogen and oxygen atoms in total. The predicted molar refractivity (Wildman–Crippen MR) is 107 cm³/mol. The number of hydrogen-bond donors (Lipinski definition) is 1. The predicted octanol–water partition coefficient (Wildman–Crippen LogP) is 0.345. The van der Waals surface area contributed by atoms with E-state index in [1.165, 1.54) is 11.2 Å². The zero-order chi connectivity index (χ0) is 20.1. The molecule has 1 aliphatic heterocycles. The highest BCUT2D eigenvalue weighted by Gasteiger charge is 2.27. The Hall–Kier alpha value is -2.80. The zero-order valence-electron chi connectivity index (χ0n) is 16.9. The first-order valence-corrected chi connectivity index (χ1v) is 9.60. The molecule has 1 aliphatic rings. The highest BCUT2D eigenvalue weighted by atomic mass is 16.3. The number of hydrogen-bond acceptors (Lipinski definition) is 4. The number of rotatable bonds is 6. The number of piperazine rings is 1. The van der Waals surface area contributed by atoms with Crippen LogP contribution in [0.5, 0.6) is 0 Å². The van der Waals surface area contributed by atoms with Crippen molar-refractivity contribution < 1.29 is 18.9 Å². The number of anilines is 1. The maximum absolute atomic E-state index is 12.6. The second-order valence-electron chi connectivity index (χ2n) is 7.51. The molecule has 3 rings (SSSR count). The first-order chi connectivity index (χ1) is 13.4. The lowest BCUT2D eigenvalue weighted by Gasteiger charge is -2.32. The van der Waals surface area contributed by atoms with Crippen molar-refractivity contribution in [2.45, 2.75) is 6.54 Å². The molecule has 150 valence electrons. The summed E-state index contributed by atoms with van der Waals surface area (Å²) in [5.74, 6) is 0.422. The number of furan rings is 1. The molecule has 28 heavy (non-hydrogen) atoms. The van der Waals surface area contributed by atoms with Crippen molar-refractivity contribution in [2.24, 2.45) is 0 Å². The van der Waals surface area contributed by atoms with Gasteiger partial charge in [-0.05, 0) is 29.8 Å². The molecule has 0 aliphatic carbocycles. The molecule has 2 aromatic rings. The summed E-state index contributed by atoms with van der Waals surface area (Å²) in [4.78, 5) is 31.7. The summed E-state index contributed by atoms with van der Waals surface area (Å²) in [5, 5.41) is 0. The van der Waals surface area contributed by atoms with E-state index in [1.54, 1.807) is 21.9 Å². The summed E-state index contributed by atoms with van der Waals surface area (Å²) in [6.07, 6.45) is 1.51. The van der Waals surface area contributed by atoms with Crippen molar-refractivity contribution in [1.82, 2.24) is 9.80 Å². The largest absolute Gasteiger partial charge is 0.459 e. The van der Waals surface area contributed by atoms with Gasteiger partial charge in [0.05, 0.1) is 32.4 Å². The second-order valence-corrected chi connectivity index (χ2v) is 7.51. The van der Waals surface area contributed by atoms with E-state index in [2.05, 4.69) is 29.2 Å². The third-order valence-electron chi connectivity index (χ3n) is 5.19. The summed E-state index contributed by atoms with van der Waals surface area (Å²) in [6, 6.07) is 11.7. The summed E-state index contributed by atoms with van der Waals surface area (Å²) >= 11 is 0. The third-order valence-corrected chi connectivity index (χ3v) is 5.19. The average Bonchev–Trinajstić information content (AvgIpc) is 3.23. The van der Waals surface area contributed by atoms with Crippen LogP contribution in [0.3, 0.4) is 0 Å². The number of carbonyl (C=O) groups is 2. The lowest BCUT2D eigenvalue weighted by atomic mass is 10.2. The number of carbonyl (C=O) groups excluding carboxylic acids is 2. The van der Waals surface area contributed by atoms with Crippen LogP contribution in [0.4, 0.5) is 5.69 Å². The SMILES string of the molecule is CN(Cc1ccc(N(C)C)cc1)C(=O)C[NH+]1CCN(C(=O)c2ccco2)CC1. The normalized spacial score (nSPS) is 14.8. The molecule has 2 amide bonds. The van der Waals surface area contributed by atoms with Gasteiger partial charge in [-0.3, -0.25) is 9.59 Å². The lowest BCUT2D eigenvalue weighted by molar-refractivity contribution is -0.896. The fraction of sp³-hybridized carbons (Fsp3) is 0.429. The fourth-order valence-corrected chi connectivity index (χ4v) is 3.37. The second kappa shape index (κ2) is 8.93. The highest BCUT2D eigenvalue weighted by Crippen LogP contribution is 2.13. The number of amides is 2. The summed E-state index contributed by atoms with van der Waals surface area (Å²) in [7, 11) is 5.86. The Morgan fingerprint density at radius 3 is 2.32 bits per heavy atom. The van der Waals surface area contributed by atoms with Gasteiger partial charge in [0.15, 0.2) is 12.3 Å². The Morgan fingerprint density at radius 2 is 1.75 bits per heavy atom. The highest BCUT2D eigenvalue weighted by molar-refractivity contribution is 5.91. The van der Waals surface area contributed by atoms with E-state index >= 15 is 0 Å². The minimum atomic E-state index is -0.0753. The van der Waals surface area contributed by atoms with Gasteiger partial charge < -0.3 is 24.0 Å². The van der Waals surface area contributed by atoms with Gasteiger partial charge in [0.2, 0.25) is 0 Å². The molecule has 7 heteroatoms. The van der Waals surface area contributed by atoms with Crippen molar-refractivity contribution in [3.63, 3.8) is 0 Å². The van der Waals surface area contributed by atoms with Crippen molar-refractivity contribution in [2.75, 3.05) is 58.8 Å². The van der Waals surface area contributed by atoms with Crippen LogP contribution in [0.1, 0.15) is 16.1 Å². The number of nitrogens with one attached hydrogen (secondary N) is 1. The molecular weight excluding hydrogens is 356 g/mol. The van der Waals surface area contributed by atoms with Crippen molar-refractivity contribution in [3.8, 4) is 0 Å². The van der Waals surface area contributed by atoms with Crippen molar-refractivity contribution >= 4 is 17.5 Å². The molecule has 0 radical (unpaired) electrons. The topological polar surface area (TPSA) is 61.4 Å². The molecule has 0 saturated carbocycles. The molecular formula is C21H29N4O3+. The number of nitrogens with zero attached hydrogens (tertiary/aromatic N) is 3. The minimum Gasteiger partial charge on any atom is -0.459 e. The van der Waals surface area contributed by atoms with Gasteiger partial charge in [-0.1, -0.05) is 12.1 Å². The molecule has 1 aromatic heterocycles. The smallest absolute Gasteiger partial charge is 0.289 e. The Balaban J connectivity index is 1.45. The standard InChI is InChI=1S/C21H28N4O3/c1-22(2)18-8-6-17(7-9-18)15-23(3)20(26)16-24-10-12-25(13-11-24)21(27)19-5-4-14-28-19/h4-9,14H,10-13,15-16H2,1-3H3/p+1. The van der Waals surface area contributed by atoms with Crippen LogP contribution in [0.25, 0.3) is 0 Å². The van der Waals surface area contributed by atoms with E-state index in [0.29, 0.717) is 31.9 Å². The Kier molecular flexibility index (Phi) is 6.36. The zero-order valence-corrected chi connectivity index (χ0v) is 16.9. The summed E-state index contributed by atoms with van der Waals surface area (Å²) in [6.45, 7) is 3.86. The van der Waals surface area contributed by atoms with Crippen LogP contribution in [0.2, 0.25) is 0 Å². The number of quaternary nitrogens is 1. The van der Waals surface area contributed by atoms with Gasteiger partial charge in [-0.2, -0.15) is 0 Å². The average molecular weight is 385 g/mol. The molecule has 1 N–H and O–H groups in total. The first-order valence-electron chi connectivity index (χ1n) is 9.60. The van der Waals surface area contributed by atoms with Crippen LogP contribution in [0.15, 0.2) is 47.1 Å². The lowest BCUT2D eigenvalue weighted by Crippen LogP contribution is -3.15. The van der Waals surface area contributed by atoms with Crippen LogP contribution in [-0.2, 0) is 11.3 Å². The van der Waals surface area contributed by atoms with Crippen LogP contribution < -0.4 is 9.80 Å². The van der Waals surface area contributed by atoms with Crippen molar-refractivity contribution in [3.05, 3.63) is 54.0 Å². The number of benzene rings is 1. The van der Waals surface area contributed by atoms with E-state index < -0.39 is 0 Å². The third kappa shape index (κ3) is 4.92. The Labute approximate surface area is 166 Å². The van der Waals surface area contributed by atoms with Crippen LogP contribution in [-0.4, -0.2) is 75.5 Å². The Morgan fingerprint density at radius 1 is 1.07 bits per heavy atom. The van der Waals surface area contributed by atoms with E-state index in [0.717, 1.165) is 24.3 Å². The van der Waals surface area contributed by atoms with E-state index in [4.69, 9.17) is 4.42 Å². The first kappa shape index (κ1) is 19.9. The maximum Gasteiger partial charge on any atom is 0.289 e. The molecule has 0 spiro atoms. The maximum atomic E-state index is 12.6. The molecule has 2 heterocycles. The fourth-order valence-electron chi connectivity index (χ4n) is 3.37. The van der Waals surface area contributed by atoms with Gasteiger partial charge in [0, 0.05) is 33.4 Å². The van der Waals surface area contributed by atoms with E-state index in [1.807, 2.05) is 21.1 Å². The van der Waals surface area contributed by atoms with Gasteiger partial charge >= 0.3 is 0 Å². The molecule has 0 unspecified atom stereocenters. The summed E-state index contributed by atoms with van der Waals surface area (Å²) < 4.78 is 5.19. The van der Waals surface area contributed by atoms with E-state index in [9.17, 15) is 9.59 Å². The van der Waals surface area contributed by atoms with Gasteiger partial charge in [-0.15, -0.1) is 0 Å². The van der Waals surface area contributed by atoms with Crippen LogP contribution in [0, 0.1) is 0 Å².